The SMILES string of the molecule is CC1=C(Cc2ccccc2)C(C)=[N+]2C1=C(C)c1c(C)c(-c3csc(N4CCOCC4)n3)c(C)n1[B-]2(F)F. The van der Waals surface area contributed by atoms with Gasteiger partial charge in [0.1, 0.15) is 5.71 Å². The van der Waals surface area contributed by atoms with Gasteiger partial charge in [0.25, 0.3) is 0 Å². The Bertz CT molecular complexity index is 1510. The Labute approximate surface area is 220 Å². The lowest BCUT2D eigenvalue weighted by Gasteiger charge is -2.33. The molecule has 5 heterocycles. The van der Waals surface area contributed by atoms with E-state index < -0.39 is 6.97 Å². The maximum absolute atomic E-state index is 16.6. The Morgan fingerprint density at radius 1 is 1.03 bits per heavy atom. The molecular weight excluding hydrogens is 489 g/mol. The third-order valence-electron chi connectivity index (χ3n) is 8.13. The molecule has 0 atom stereocenters. The summed E-state index contributed by atoms with van der Waals surface area (Å²) in [5.41, 5.74) is 8.87. The minimum atomic E-state index is -4.07. The number of halogens is 2. The summed E-state index contributed by atoms with van der Waals surface area (Å²) in [4.78, 5) is 7.11. The van der Waals surface area contributed by atoms with Crippen molar-refractivity contribution in [3.63, 3.8) is 0 Å². The van der Waals surface area contributed by atoms with Gasteiger partial charge < -0.3 is 27.2 Å². The van der Waals surface area contributed by atoms with Gasteiger partial charge in [0.05, 0.1) is 18.9 Å². The number of benzene rings is 1. The summed E-state index contributed by atoms with van der Waals surface area (Å²) in [6.07, 6.45) is 0.638. The van der Waals surface area contributed by atoms with E-state index in [9.17, 15) is 0 Å². The number of hydrogen-bond acceptors (Lipinski definition) is 4. The van der Waals surface area contributed by atoms with Gasteiger partial charge in [-0.25, -0.2) is 4.98 Å². The Morgan fingerprint density at radius 3 is 2.43 bits per heavy atom. The number of ether oxygens (including phenoxy) is 1. The lowest BCUT2D eigenvalue weighted by molar-refractivity contribution is -0.363. The molecule has 0 amide bonds. The number of rotatable bonds is 4. The second-order valence-electron chi connectivity index (χ2n) is 10.2. The largest absolute Gasteiger partial charge is 0.737 e. The van der Waals surface area contributed by atoms with Crippen LogP contribution in [-0.4, -0.2) is 52.9 Å². The number of nitrogens with zero attached hydrogens (tertiary/aromatic N) is 4. The number of fused-ring (bicyclic) bond motifs is 2. The minimum absolute atomic E-state index is 0.566. The molecule has 192 valence electrons. The third kappa shape index (κ3) is 3.58. The van der Waals surface area contributed by atoms with E-state index in [4.69, 9.17) is 9.72 Å². The highest BCUT2D eigenvalue weighted by molar-refractivity contribution is 7.14. The fourth-order valence-corrected chi connectivity index (χ4v) is 7.28. The average Bonchev–Trinajstić information content (AvgIpc) is 3.54. The first kappa shape index (κ1) is 24.3. The zero-order chi connectivity index (χ0) is 26.1. The van der Waals surface area contributed by atoms with Crippen LogP contribution in [0.3, 0.4) is 0 Å². The molecule has 2 aromatic heterocycles. The van der Waals surface area contributed by atoms with Crippen LogP contribution in [0.1, 0.15) is 43.3 Å². The first-order chi connectivity index (χ1) is 17.7. The van der Waals surface area contributed by atoms with Crippen LogP contribution in [0, 0.1) is 13.8 Å². The number of anilines is 1. The average molecular weight is 520 g/mol. The second kappa shape index (κ2) is 8.77. The monoisotopic (exact) mass is 520 g/mol. The highest BCUT2D eigenvalue weighted by atomic mass is 32.1. The molecule has 37 heavy (non-hydrogen) atoms. The van der Waals surface area contributed by atoms with Gasteiger partial charge in [-0.05, 0) is 44.5 Å². The lowest BCUT2D eigenvalue weighted by atomic mass is 9.86. The smallest absolute Gasteiger partial charge is 0.393 e. The molecule has 3 aromatic rings. The molecule has 1 aromatic carbocycles. The van der Waals surface area contributed by atoms with Gasteiger partial charge in [0, 0.05) is 59.8 Å². The van der Waals surface area contributed by atoms with E-state index in [2.05, 4.69) is 17.0 Å². The van der Waals surface area contributed by atoms with Crippen LogP contribution in [0.2, 0.25) is 0 Å². The lowest BCUT2D eigenvalue weighted by Crippen LogP contribution is -2.51. The van der Waals surface area contributed by atoms with E-state index in [1.165, 1.54) is 8.96 Å². The minimum Gasteiger partial charge on any atom is -0.393 e. The molecule has 0 aliphatic carbocycles. The molecule has 3 aliphatic heterocycles. The molecule has 0 bridgehead atoms. The molecule has 9 heteroatoms. The molecule has 0 N–H and O–H groups in total. The Morgan fingerprint density at radius 2 is 1.73 bits per heavy atom. The molecule has 0 radical (unpaired) electrons. The fraction of sp³-hybridized carbons (Fsp3) is 0.357. The van der Waals surface area contributed by atoms with Crippen LogP contribution >= 0.6 is 11.3 Å². The van der Waals surface area contributed by atoms with Crippen molar-refractivity contribution in [2.75, 3.05) is 31.2 Å². The molecule has 0 unspecified atom stereocenters. The van der Waals surface area contributed by atoms with Crippen LogP contribution in [0.5, 0.6) is 0 Å². The maximum atomic E-state index is 16.6. The number of morpholine rings is 1. The van der Waals surface area contributed by atoms with E-state index in [-0.39, 0.29) is 0 Å². The predicted molar refractivity (Wildman–Crippen MR) is 148 cm³/mol. The van der Waals surface area contributed by atoms with E-state index >= 15 is 8.63 Å². The highest BCUT2D eigenvalue weighted by Crippen LogP contribution is 2.46. The molecule has 3 aliphatic rings. The van der Waals surface area contributed by atoms with Crippen molar-refractivity contribution in [2.24, 2.45) is 0 Å². The van der Waals surface area contributed by atoms with Crippen molar-refractivity contribution in [2.45, 2.75) is 41.0 Å². The van der Waals surface area contributed by atoms with Crippen molar-refractivity contribution in [3.8, 4) is 11.3 Å². The van der Waals surface area contributed by atoms with Crippen LogP contribution in [0.4, 0.5) is 13.8 Å². The van der Waals surface area contributed by atoms with Crippen molar-refractivity contribution >= 4 is 34.7 Å². The summed E-state index contributed by atoms with van der Waals surface area (Å²) in [5.74, 6) is 0. The summed E-state index contributed by atoms with van der Waals surface area (Å²) >= 11 is 1.57. The van der Waals surface area contributed by atoms with Gasteiger partial charge in [-0.3, -0.25) is 0 Å². The van der Waals surface area contributed by atoms with Gasteiger partial charge in [-0.1, -0.05) is 30.3 Å². The van der Waals surface area contributed by atoms with Crippen molar-refractivity contribution in [1.82, 2.24) is 9.46 Å². The molecule has 0 spiro atoms. The zero-order valence-corrected chi connectivity index (χ0v) is 22.8. The van der Waals surface area contributed by atoms with E-state index in [0.29, 0.717) is 42.4 Å². The summed E-state index contributed by atoms with van der Waals surface area (Å²) in [5, 5.41) is 2.92. The van der Waals surface area contributed by atoms with E-state index in [0.717, 1.165) is 57.3 Å². The number of hydrogen-bond donors (Lipinski definition) is 0. The first-order valence-electron chi connectivity index (χ1n) is 12.8. The number of allylic oxidation sites excluding steroid dienone is 3. The highest BCUT2D eigenvalue weighted by Gasteiger charge is 2.56. The normalized spacial score (nSPS) is 19.2. The molecular formula is C28H31BF2N4OS. The first-order valence-corrected chi connectivity index (χ1v) is 13.7. The molecule has 0 saturated carbocycles. The van der Waals surface area contributed by atoms with E-state index in [1.807, 2.05) is 58.2 Å². The molecule has 6 rings (SSSR count). The molecule has 1 saturated heterocycles. The van der Waals surface area contributed by atoms with Crippen molar-refractivity contribution in [1.29, 1.82) is 0 Å². The predicted octanol–water partition coefficient (Wildman–Crippen LogP) is 6.08. The van der Waals surface area contributed by atoms with Crippen LogP contribution in [0.15, 0.2) is 52.6 Å². The van der Waals surface area contributed by atoms with E-state index in [1.54, 1.807) is 11.3 Å². The van der Waals surface area contributed by atoms with Gasteiger partial charge in [-0.15, -0.1) is 11.3 Å². The number of aromatic nitrogens is 2. The Balaban J connectivity index is 1.48. The van der Waals surface area contributed by atoms with Gasteiger partial charge >= 0.3 is 6.97 Å². The summed E-state index contributed by atoms with van der Waals surface area (Å²) in [7, 11) is 0. The Hall–Kier alpha value is -3.04. The second-order valence-corrected chi connectivity index (χ2v) is 11.0. The van der Waals surface area contributed by atoms with Gasteiger partial charge in [-0.2, -0.15) is 0 Å². The van der Waals surface area contributed by atoms with Crippen LogP contribution in [-0.2, 0) is 11.2 Å². The topological polar surface area (TPSA) is 33.3 Å². The summed E-state index contributed by atoms with van der Waals surface area (Å²) in [6.45, 7) is 8.46. The quantitative estimate of drug-likeness (QED) is 0.391. The molecule has 5 nitrogen and oxygen atoms in total. The maximum Gasteiger partial charge on any atom is 0.737 e. The standard InChI is InChI=1S/C28H31BF2N4OS/c1-17-23(15-22-9-7-6-8-10-22)20(4)34-26(17)19(3)27-18(2)25(21(5)35(27)29(34,30)31)24-16-37-28(32-24)33-11-13-36-14-12-33/h6-10,16H,11-15H2,1-5H3. The van der Waals surface area contributed by atoms with Crippen LogP contribution in [0.25, 0.3) is 16.8 Å². The van der Waals surface area contributed by atoms with Crippen molar-refractivity contribution in [3.05, 3.63) is 75.1 Å². The van der Waals surface area contributed by atoms with Gasteiger partial charge in [0.15, 0.2) is 10.8 Å². The Kier molecular flexibility index (Phi) is 5.76. The zero-order valence-electron chi connectivity index (χ0n) is 21.9. The third-order valence-corrected chi connectivity index (χ3v) is 9.03. The summed E-state index contributed by atoms with van der Waals surface area (Å²) < 4.78 is 41.2. The number of thiazole rings is 1. The molecule has 1 fully saturated rings. The van der Waals surface area contributed by atoms with Gasteiger partial charge in [0.2, 0.25) is 0 Å². The summed E-state index contributed by atoms with van der Waals surface area (Å²) in [6, 6.07) is 10.1. The van der Waals surface area contributed by atoms with Crippen molar-refractivity contribution < 1.29 is 17.9 Å². The fourth-order valence-electron chi connectivity index (χ4n) is 6.41. The van der Waals surface area contributed by atoms with Crippen LogP contribution < -0.4 is 4.90 Å².